The van der Waals surface area contributed by atoms with Crippen LogP contribution in [0.3, 0.4) is 0 Å². The van der Waals surface area contributed by atoms with E-state index in [4.69, 9.17) is 39.5 Å². The molecule has 14 nitrogen and oxygen atoms in total. The average molecular weight is 926 g/mol. The number of carbonyl (C=O) groups is 4. The summed E-state index contributed by atoms with van der Waals surface area (Å²) in [6, 6.07) is 8.17. The summed E-state index contributed by atoms with van der Waals surface area (Å²) in [6.45, 7) is 7.68. The molecule has 1 aromatic heterocycles. The highest BCUT2D eigenvalue weighted by molar-refractivity contribution is 6.52. The maximum Gasteiger partial charge on any atom is 0.573 e. The molecule has 4 aliphatic rings. The number of imidazole rings is 1. The van der Waals surface area contributed by atoms with Crippen molar-refractivity contribution in [3.05, 3.63) is 53.4 Å². The quantitative estimate of drug-likeness (QED) is 0.164. The Bertz CT molecular complexity index is 2130. The summed E-state index contributed by atoms with van der Waals surface area (Å²) in [4.78, 5) is 66.7. The average Bonchev–Trinajstić information content (AvgIpc) is 3.52. The van der Waals surface area contributed by atoms with Gasteiger partial charge in [-0.05, 0) is 55.2 Å². The predicted octanol–water partition coefficient (Wildman–Crippen LogP) is 8.06. The molecule has 2 aromatic carbocycles. The summed E-state index contributed by atoms with van der Waals surface area (Å²) in [7, 11) is 1.27. The minimum atomic E-state index is -5.03. The molecule has 4 fully saturated rings. The molecule has 3 unspecified atom stereocenters. The van der Waals surface area contributed by atoms with Gasteiger partial charge >= 0.3 is 18.5 Å². The molecule has 0 bridgehead atoms. The SMILES string of the molecule is CC[C@@H](CC(=O)N1CC(C)CC1c1ncc(-c2ccc(-c3cc(Cl)c(NC(=O)N4CCN(C5CCN(C(=O)C6CC6(Cl)Cl)CC5)CC4)cc3OC(F)(F)F)cc2)[nH]1)NC(=O)OC. The van der Waals surface area contributed by atoms with Gasteiger partial charge in [0, 0.05) is 75.9 Å². The Kier molecular flexibility index (Phi) is 13.8. The van der Waals surface area contributed by atoms with E-state index in [-0.39, 0.29) is 64.5 Å². The number of aromatic amines is 1. The number of rotatable bonds is 11. The number of benzene rings is 2. The standard InChI is InChI=1S/C42H50Cl3F3N8O6/c1-4-27(50-40(60)61-3)18-36(57)56-23-24(2)17-34(56)37-49-22-33(51-37)26-7-5-25(6-8-26)29-19-31(43)32(20-35(29)62-42(46,47)48)52-39(59)55-15-13-53(14-16-55)28-9-11-54(12-10-28)38(58)30-21-41(30,44)45/h5-8,19-20,22,24,27-28,30,34H,4,9-18,21,23H2,1-3H3,(H,49,51)(H,50,60)(H,52,59)/t24?,27-,30?,34?/m0/s1. The lowest BCUT2D eigenvalue weighted by Gasteiger charge is -2.42. The van der Waals surface area contributed by atoms with E-state index in [1.165, 1.54) is 13.2 Å². The van der Waals surface area contributed by atoms with Crippen molar-refractivity contribution in [1.29, 1.82) is 0 Å². The van der Waals surface area contributed by atoms with Gasteiger partial charge in [-0.25, -0.2) is 14.6 Å². The predicted molar refractivity (Wildman–Crippen MR) is 228 cm³/mol. The number of H-pyrrole nitrogens is 1. The number of ether oxygens (including phenoxy) is 2. The minimum Gasteiger partial charge on any atom is -0.453 e. The van der Waals surface area contributed by atoms with Crippen molar-refractivity contribution in [2.24, 2.45) is 11.8 Å². The molecule has 1 aliphatic carbocycles. The Morgan fingerprint density at radius 3 is 2.27 bits per heavy atom. The zero-order valence-electron chi connectivity index (χ0n) is 34.6. The molecule has 7 rings (SSSR count). The van der Waals surface area contributed by atoms with Gasteiger partial charge in [-0.2, -0.15) is 0 Å². The number of methoxy groups -OCH3 is 1. The van der Waals surface area contributed by atoms with Crippen molar-refractivity contribution < 1.29 is 41.8 Å². The first kappa shape index (κ1) is 45.6. The molecule has 62 heavy (non-hydrogen) atoms. The lowest BCUT2D eigenvalue weighted by molar-refractivity contribution is -0.274. The molecule has 3 N–H and O–H groups in total. The Morgan fingerprint density at radius 1 is 1.00 bits per heavy atom. The zero-order chi connectivity index (χ0) is 44.5. The topological polar surface area (TPSA) is 152 Å². The number of anilines is 1. The zero-order valence-corrected chi connectivity index (χ0v) is 36.8. The number of halogens is 6. The van der Waals surface area contributed by atoms with Gasteiger partial charge < -0.3 is 39.8 Å². The third-order valence-electron chi connectivity index (χ3n) is 12.2. The van der Waals surface area contributed by atoms with Gasteiger partial charge in [0.15, 0.2) is 0 Å². The number of hydrogen-bond donors (Lipinski definition) is 3. The summed E-state index contributed by atoms with van der Waals surface area (Å²) in [6.07, 6.45) is -0.582. The lowest BCUT2D eigenvalue weighted by Crippen LogP contribution is -2.55. The fourth-order valence-electron chi connectivity index (χ4n) is 8.64. The Hall–Kier alpha value is -4.45. The molecule has 336 valence electrons. The van der Waals surface area contributed by atoms with Gasteiger partial charge in [-0.15, -0.1) is 36.4 Å². The number of nitrogens with zero attached hydrogens (tertiary/aromatic N) is 5. The smallest absolute Gasteiger partial charge is 0.453 e. The molecule has 3 aromatic rings. The molecule has 3 aliphatic heterocycles. The Balaban J connectivity index is 0.979. The first-order chi connectivity index (χ1) is 29.4. The van der Waals surface area contributed by atoms with Crippen LogP contribution in [0.4, 0.5) is 28.4 Å². The number of urea groups is 1. The van der Waals surface area contributed by atoms with E-state index in [0.29, 0.717) is 87.7 Å². The van der Waals surface area contributed by atoms with Crippen molar-refractivity contribution in [1.82, 2.24) is 34.9 Å². The van der Waals surface area contributed by atoms with Crippen LogP contribution in [0, 0.1) is 11.8 Å². The highest BCUT2D eigenvalue weighted by atomic mass is 35.5. The molecule has 0 spiro atoms. The number of aromatic nitrogens is 2. The van der Waals surface area contributed by atoms with Crippen LogP contribution in [0.15, 0.2) is 42.6 Å². The van der Waals surface area contributed by atoms with Gasteiger partial charge in [0.25, 0.3) is 0 Å². The Morgan fingerprint density at radius 2 is 1.66 bits per heavy atom. The molecule has 20 heteroatoms. The maximum absolute atomic E-state index is 13.8. The molecular weight excluding hydrogens is 876 g/mol. The van der Waals surface area contributed by atoms with Gasteiger partial charge in [0.05, 0.1) is 41.7 Å². The summed E-state index contributed by atoms with van der Waals surface area (Å²) in [5.74, 6) is -0.191. The van der Waals surface area contributed by atoms with Crippen LogP contribution in [0.25, 0.3) is 22.4 Å². The van der Waals surface area contributed by atoms with Gasteiger partial charge in [0.2, 0.25) is 11.8 Å². The van der Waals surface area contributed by atoms with Crippen molar-refractivity contribution in [2.45, 2.75) is 81.2 Å². The van der Waals surface area contributed by atoms with E-state index in [2.05, 4.69) is 37.2 Å². The highest BCUT2D eigenvalue weighted by Crippen LogP contribution is 2.54. The van der Waals surface area contributed by atoms with Gasteiger partial charge in [0.1, 0.15) is 15.9 Å². The minimum absolute atomic E-state index is 0.00280. The third kappa shape index (κ3) is 10.7. The van der Waals surface area contributed by atoms with E-state index < -0.39 is 28.6 Å². The monoisotopic (exact) mass is 924 g/mol. The number of piperidine rings is 1. The van der Waals surface area contributed by atoms with E-state index in [1.807, 2.05) is 11.8 Å². The van der Waals surface area contributed by atoms with Gasteiger partial charge in [-0.3, -0.25) is 14.5 Å². The third-order valence-corrected chi connectivity index (χ3v) is 13.4. The molecule has 4 heterocycles. The van der Waals surface area contributed by atoms with Crippen LogP contribution >= 0.6 is 34.8 Å². The number of likely N-dealkylation sites (tertiary alicyclic amines) is 2. The normalized spacial score (nSPS) is 22.3. The van der Waals surface area contributed by atoms with Crippen molar-refractivity contribution >= 4 is 64.4 Å². The summed E-state index contributed by atoms with van der Waals surface area (Å²) < 4.78 is 49.5. The van der Waals surface area contributed by atoms with Crippen LogP contribution < -0.4 is 15.4 Å². The molecular formula is C42H50Cl3F3N8O6. The molecule has 3 saturated heterocycles. The number of carbonyl (C=O) groups excluding carboxylic acids is 4. The van der Waals surface area contributed by atoms with Gasteiger partial charge in [-0.1, -0.05) is 49.7 Å². The number of hydrogen-bond acceptors (Lipinski definition) is 8. The van der Waals surface area contributed by atoms with Crippen molar-refractivity contribution in [3.8, 4) is 28.1 Å². The van der Waals surface area contributed by atoms with Crippen LogP contribution in [-0.2, 0) is 14.3 Å². The number of nitrogens with one attached hydrogen (secondary N) is 3. The molecule has 1 saturated carbocycles. The van der Waals surface area contributed by atoms with Crippen molar-refractivity contribution in [3.63, 3.8) is 0 Å². The van der Waals surface area contributed by atoms with E-state index in [0.717, 1.165) is 18.9 Å². The van der Waals surface area contributed by atoms with Crippen LogP contribution in [0.5, 0.6) is 5.75 Å². The van der Waals surface area contributed by atoms with E-state index in [1.54, 1.807) is 40.3 Å². The number of alkyl halides is 5. The first-order valence-electron chi connectivity index (χ1n) is 20.8. The molecule has 0 radical (unpaired) electrons. The van der Waals surface area contributed by atoms with Crippen molar-refractivity contribution in [2.75, 3.05) is 58.2 Å². The highest BCUT2D eigenvalue weighted by Gasteiger charge is 2.57. The fraction of sp³-hybridized carbons (Fsp3) is 0.548. The fourth-order valence-corrected chi connectivity index (χ4v) is 9.34. The Labute approximate surface area is 372 Å². The second-order valence-corrected chi connectivity index (χ2v) is 18.5. The summed E-state index contributed by atoms with van der Waals surface area (Å²) >= 11 is 18.8. The maximum atomic E-state index is 13.8. The number of amides is 5. The number of piperazine rings is 1. The lowest BCUT2D eigenvalue weighted by atomic mass is 10.0. The van der Waals surface area contributed by atoms with E-state index in [9.17, 15) is 32.3 Å². The summed E-state index contributed by atoms with van der Waals surface area (Å²) in [5, 5.41) is 5.40. The largest absolute Gasteiger partial charge is 0.573 e. The number of alkyl carbamates (subject to hydrolysis) is 1. The van der Waals surface area contributed by atoms with E-state index >= 15 is 0 Å². The molecule has 5 amide bonds. The van der Waals surface area contributed by atoms with Crippen LogP contribution in [0.1, 0.15) is 64.2 Å². The molecule has 4 atom stereocenters. The summed E-state index contributed by atoms with van der Waals surface area (Å²) in [5.41, 5.74) is 1.74. The van der Waals surface area contributed by atoms with Crippen LogP contribution in [0.2, 0.25) is 5.02 Å². The first-order valence-corrected chi connectivity index (χ1v) is 21.9. The van der Waals surface area contributed by atoms with Crippen LogP contribution in [-0.4, -0.2) is 129 Å². The second-order valence-electron chi connectivity index (χ2n) is 16.5. The second kappa shape index (κ2) is 18.7.